The Morgan fingerprint density at radius 3 is 2.44 bits per heavy atom. The average molecular weight is 360 g/mol. The largest absolute Gasteiger partial charge is 0.325 e. The summed E-state index contributed by atoms with van der Waals surface area (Å²) in [6.45, 7) is 2.19. The van der Waals surface area contributed by atoms with Gasteiger partial charge in [-0.1, -0.05) is 35.9 Å². The molecule has 2 amide bonds. The van der Waals surface area contributed by atoms with Crippen molar-refractivity contribution >= 4 is 34.8 Å². The molecular formula is C19H22ClN3O2. The zero-order valence-electron chi connectivity index (χ0n) is 14.6. The monoisotopic (exact) mass is 359 g/mol. The molecule has 0 aromatic heterocycles. The van der Waals surface area contributed by atoms with E-state index in [4.69, 9.17) is 11.6 Å². The molecule has 0 fully saturated rings. The lowest BCUT2D eigenvalue weighted by Crippen LogP contribution is -2.27. The van der Waals surface area contributed by atoms with Gasteiger partial charge in [0.1, 0.15) is 0 Å². The maximum absolute atomic E-state index is 12.3. The zero-order chi connectivity index (χ0) is 18.4. The first-order chi connectivity index (χ1) is 11.8. The molecule has 6 heteroatoms. The number of amides is 2. The molecule has 0 aliphatic rings. The van der Waals surface area contributed by atoms with Crippen LogP contribution in [0.15, 0.2) is 42.5 Å². The highest BCUT2D eigenvalue weighted by Crippen LogP contribution is 2.21. The highest BCUT2D eigenvalue weighted by atomic mass is 35.5. The average Bonchev–Trinajstić information content (AvgIpc) is 2.52. The van der Waals surface area contributed by atoms with Crippen molar-refractivity contribution in [1.82, 2.24) is 4.90 Å². The van der Waals surface area contributed by atoms with Crippen LogP contribution < -0.4 is 10.6 Å². The second-order valence-corrected chi connectivity index (χ2v) is 6.54. The Bertz CT molecular complexity index is 775. The van der Waals surface area contributed by atoms with Crippen molar-refractivity contribution in [2.75, 3.05) is 31.3 Å². The number of anilines is 2. The Kier molecular flexibility index (Phi) is 6.56. The number of benzene rings is 2. The number of likely N-dealkylation sites (N-methyl/N-ethyl adjacent to an activating group) is 1. The molecule has 2 aromatic rings. The molecule has 0 saturated carbocycles. The van der Waals surface area contributed by atoms with E-state index in [0.717, 1.165) is 11.1 Å². The van der Waals surface area contributed by atoms with Crippen LogP contribution in [0, 0.1) is 6.92 Å². The topological polar surface area (TPSA) is 61.4 Å². The lowest BCUT2D eigenvalue weighted by Gasteiger charge is -2.13. The number of carbonyl (C=O) groups is 2. The Morgan fingerprint density at radius 1 is 1.04 bits per heavy atom. The Morgan fingerprint density at radius 2 is 1.76 bits per heavy atom. The summed E-state index contributed by atoms with van der Waals surface area (Å²) in [6.07, 6.45) is 0.191. The maximum atomic E-state index is 12.3. The van der Waals surface area contributed by atoms with Gasteiger partial charge in [-0.3, -0.25) is 9.59 Å². The molecule has 25 heavy (non-hydrogen) atoms. The summed E-state index contributed by atoms with van der Waals surface area (Å²) >= 11 is 6.10. The van der Waals surface area contributed by atoms with Crippen LogP contribution in [0.25, 0.3) is 0 Å². The van der Waals surface area contributed by atoms with Crippen LogP contribution in [0.2, 0.25) is 5.02 Å². The van der Waals surface area contributed by atoms with E-state index in [2.05, 4.69) is 10.6 Å². The molecule has 2 aromatic carbocycles. The smallest absolute Gasteiger partial charge is 0.238 e. The van der Waals surface area contributed by atoms with Gasteiger partial charge in [0.15, 0.2) is 0 Å². The van der Waals surface area contributed by atoms with Crippen molar-refractivity contribution in [2.45, 2.75) is 13.3 Å². The highest BCUT2D eigenvalue weighted by Gasteiger charge is 2.10. The van der Waals surface area contributed by atoms with Crippen molar-refractivity contribution in [3.8, 4) is 0 Å². The fourth-order valence-corrected chi connectivity index (χ4v) is 2.53. The van der Waals surface area contributed by atoms with Crippen LogP contribution in [0.1, 0.15) is 11.1 Å². The third-order valence-electron chi connectivity index (χ3n) is 3.56. The molecule has 2 N–H and O–H groups in total. The van der Waals surface area contributed by atoms with Gasteiger partial charge in [-0.2, -0.15) is 0 Å². The third kappa shape index (κ3) is 5.89. The predicted octanol–water partition coefficient (Wildman–Crippen LogP) is 3.33. The second kappa shape index (κ2) is 8.65. The maximum Gasteiger partial charge on any atom is 0.238 e. The van der Waals surface area contributed by atoms with Crippen molar-refractivity contribution in [1.29, 1.82) is 0 Å². The molecule has 0 heterocycles. The van der Waals surface area contributed by atoms with Gasteiger partial charge in [-0.05, 0) is 50.3 Å². The number of rotatable bonds is 6. The number of carbonyl (C=O) groups excluding carboxylic acids is 2. The first-order valence-electron chi connectivity index (χ1n) is 7.93. The van der Waals surface area contributed by atoms with Crippen LogP contribution in [0.3, 0.4) is 0 Å². The summed E-state index contributed by atoms with van der Waals surface area (Å²) in [4.78, 5) is 26.0. The molecule has 0 atom stereocenters. The van der Waals surface area contributed by atoms with Crippen LogP contribution >= 0.6 is 11.6 Å². The molecule has 5 nitrogen and oxygen atoms in total. The van der Waals surface area contributed by atoms with Gasteiger partial charge in [0.25, 0.3) is 0 Å². The SMILES string of the molecule is Cc1ccc(NC(=O)CN(C)C)cc1NC(=O)Cc1ccccc1Cl. The number of halogens is 1. The standard InChI is InChI=1S/C19H22ClN3O2/c1-13-8-9-15(21-19(25)12-23(2)3)11-17(13)22-18(24)10-14-6-4-5-7-16(14)20/h4-9,11H,10,12H2,1-3H3,(H,21,25)(H,22,24). The molecular weight excluding hydrogens is 338 g/mol. The summed E-state index contributed by atoms with van der Waals surface area (Å²) in [5.74, 6) is -0.268. The van der Waals surface area contributed by atoms with Gasteiger partial charge < -0.3 is 15.5 Å². The quantitative estimate of drug-likeness (QED) is 0.831. The van der Waals surface area contributed by atoms with Crippen LogP contribution in [-0.4, -0.2) is 37.4 Å². The summed E-state index contributed by atoms with van der Waals surface area (Å²) in [5, 5.41) is 6.27. The van der Waals surface area contributed by atoms with Crippen LogP contribution in [-0.2, 0) is 16.0 Å². The number of hydrogen-bond donors (Lipinski definition) is 2. The number of nitrogens with zero attached hydrogens (tertiary/aromatic N) is 1. The van der Waals surface area contributed by atoms with E-state index in [-0.39, 0.29) is 18.2 Å². The van der Waals surface area contributed by atoms with E-state index in [1.54, 1.807) is 17.0 Å². The minimum atomic E-state index is -0.159. The molecule has 0 bridgehead atoms. The lowest BCUT2D eigenvalue weighted by atomic mass is 10.1. The molecule has 132 valence electrons. The van der Waals surface area contributed by atoms with E-state index in [9.17, 15) is 9.59 Å². The third-order valence-corrected chi connectivity index (χ3v) is 3.93. The van der Waals surface area contributed by atoms with Crippen LogP contribution in [0.4, 0.5) is 11.4 Å². The van der Waals surface area contributed by atoms with Gasteiger partial charge in [0, 0.05) is 16.4 Å². The van der Waals surface area contributed by atoms with Gasteiger partial charge >= 0.3 is 0 Å². The molecule has 0 aliphatic carbocycles. The summed E-state index contributed by atoms with van der Waals surface area (Å²) in [7, 11) is 3.66. The fraction of sp³-hybridized carbons (Fsp3) is 0.263. The van der Waals surface area contributed by atoms with E-state index in [1.807, 2.05) is 51.4 Å². The van der Waals surface area contributed by atoms with Crippen LogP contribution in [0.5, 0.6) is 0 Å². The first-order valence-corrected chi connectivity index (χ1v) is 8.31. The van der Waals surface area contributed by atoms with Crippen molar-refractivity contribution in [3.63, 3.8) is 0 Å². The minimum absolute atomic E-state index is 0.109. The van der Waals surface area contributed by atoms with Crippen molar-refractivity contribution in [3.05, 3.63) is 58.6 Å². The molecule has 0 radical (unpaired) electrons. The zero-order valence-corrected chi connectivity index (χ0v) is 15.4. The molecule has 0 unspecified atom stereocenters. The van der Waals surface area contributed by atoms with Crippen molar-refractivity contribution in [2.24, 2.45) is 0 Å². The van der Waals surface area contributed by atoms with Gasteiger partial charge in [0.2, 0.25) is 11.8 Å². The number of aryl methyl sites for hydroxylation is 1. The molecule has 0 aliphatic heterocycles. The molecule has 0 spiro atoms. The highest BCUT2D eigenvalue weighted by molar-refractivity contribution is 6.31. The van der Waals surface area contributed by atoms with E-state index < -0.39 is 0 Å². The Labute approximate surface area is 153 Å². The van der Waals surface area contributed by atoms with Gasteiger partial charge in [-0.15, -0.1) is 0 Å². The summed E-state index contributed by atoms with van der Waals surface area (Å²) in [5.41, 5.74) is 3.00. The number of hydrogen-bond acceptors (Lipinski definition) is 3. The molecule has 0 saturated heterocycles. The normalized spacial score (nSPS) is 10.6. The number of nitrogens with one attached hydrogen (secondary N) is 2. The Hall–Kier alpha value is -2.37. The first kappa shape index (κ1) is 19.0. The fourth-order valence-electron chi connectivity index (χ4n) is 2.33. The van der Waals surface area contributed by atoms with E-state index >= 15 is 0 Å². The Balaban J connectivity index is 2.06. The van der Waals surface area contributed by atoms with Gasteiger partial charge in [0.05, 0.1) is 13.0 Å². The summed E-state index contributed by atoms with van der Waals surface area (Å²) < 4.78 is 0. The lowest BCUT2D eigenvalue weighted by molar-refractivity contribution is -0.117. The summed E-state index contributed by atoms with van der Waals surface area (Å²) in [6, 6.07) is 12.7. The second-order valence-electron chi connectivity index (χ2n) is 6.13. The van der Waals surface area contributed by atoms with E-state index in [0.29, 0.717) is 22.9 Å². The molecule has 2 rings (SSSR count). The van der Waals surface area contributed by atoms with E-state index in [1.165, 1.54) is 0 Å². The van der Waals surface area contributed by atoms with Crippen molar-refractivity contribution < 1.29 is 9.59 Å². The minimum Gasteiger partial charge on any atom is -0.325 e. The van der Waals surface area contributed by atoms with Gasteiger partial charge in [-0.25, -0.2) is 0 Å². The predicted molar refractivity (Wildman–Crippen MR) is 102 cm³/mol.